The molecule has 0 aromatic rings. The molecule has 78 valence electrons. The van der Waals surface area contributed by atoms with Crippen molar-refractivity contribution in [3.63, 3.8) is 0 Å². The Bertz CT molecular complexity index is 291. The van der Waals surface area contributed by atoms with Gasteiger partial charge in [0.05, 0.1) is 5.03 Å². The van der Waals surface area contributed by atoms with E-state index in [1.54, 1.807) is 0 Å². The maximum absolute atomic E-state index is 10.7. The minimum atomic E-state index is -1.25. The molecule has 14 heavy (non-hydrogen) atoms. The van der Waals surface area contributed by atoms with Gasteiger partial charge in [-0.15, -0.1) is 0 Å². The molecule has 0 amide bonds. The van der Waals surface area contributed by atoms with Crippen LogP contribution >= 0.6 is 34.8 Å². The number of hydrogen-bond acceptors (Lipinski definition) is 3. The van der Waals surface area contributed by atoms with Gasteiger partial charge in [0.2, 0.25) is 0 Å². The highest BCUT2D eigenvalue weighted by molar-refractivity contribution is 6.59. The molecule has 0 rings (SSSR count). The Kier molecular flexibility index (Phi) is 6.36. The van der Waals surface area contributed by atoms with Crippen LogP contribution in [0.2, 0.25) is 0 Å². The van der Waals surface area contributed by atoms with E-state index in [1.807, 2.05) is 0 Å². The molecule has 0 radical (unpaired) electrons. The van der Waals surface area contributed by atoms with E-state index in [0.29, 0.717) is 6.08 Å². The van der Waals surface area contributed by atoms with E-state index in [2.05, 4.69) is 4.74 Å². The molecular weight excluding hydrogens is 254 g/mol. The van der Waals surface area contributed by atoms with E-state index in [9.17, 15) is 9.59 Å². The molecule has 0 saturated carbocycles. The van der Waals surface area contributed by atoms with Crippen LogP contribution in [0.4, 0.5) is 0 Å². The van der Waals surface area contributed by atoms with E-state index in [0.717, 1.165) is 6.08 Å². The monoisotopic (exact) mass is 258 g/mol. The normalized spacial score (nSPS) is 9.93. The van der Waals surface area contributed by atoms with Crippen LogP contribution < -0.4 is 0 Å². The van der Waals surface area contributed by atoms with Crippen LogP contribution in [-0.4, -0.2) is 23.7 Å². The summed E-state index contributed by atoms with van der Waals surface area (Å²) >= 11 is 15.9. The van der Waals surface area contributed by atoms with Crippen molar-refractivity contribution < 1.29 is 19.4 Å². The summed E-state index contributed by atoms with van der Waals surface area (Å²) in [5.74, 6) is -2.10. The molecule has 0 aromatic heterocycles. The first-order chi connectivity index (χ1) is 6.43. The van der Waals surface area contributed by atoms with Crippen LogP contribution in [0.1, 0.15) is 0 Å². The zero-order valence-electron chi connectivity index (χ0n) is 6.67. The lowest BCUT2D eigenvalue weighted by Gasteiger charge is -1.99. The average molecular weight is 259 g/mol. The van der Waals surface area contributed by atoms with Gasteiger partial charge in [0.1, 0.15) is 11.1 Å². The largest absolute Gasteiger partial charge is 0.478 e. The van der Waals surface area contributed by atoms with Gasteiger partial charge in [0.15, 0.2) is 0 Å². The van der Waals surface area contributed by atoms with Gasteiger partial charge >= 0.3 is 11.9 Å². The Morgan fingerprint density at radius 1 is 1.21 bits per heavy atom. The first-order valence-corrected chi connectivity index (χ1v) is 4.34. The smallest absolute Gasteiger partial charge is 0.331 e. The molecule has 0 aromatic carbocycles. The summed E-state index contributed by atoms with van der Waals surface area (Å²) in [6, 6.07) is 0. The molecule has 0 heterocycles. The third kappa shape index (κ3) is 6.77. The zero-order valence-corrected chi connectivity index (χ0v) is 8.94. The molecular formula is C7H5Cl3O4. The van der Waals surface area contributed by atoms with E-state index < -0.39 is 11.9 Å². The fourth-order valence-electron chi connectivity index (χ4n) is 0.376. The molecule has 0 fully saturated rings. The molecule has 0 spiro atoms. The minimum absolute atomic E-state index is 0.0367. The van der Waals surface area contributed by atoms with Gasteiger partial charge in [0, 0.05) is 12.2 Å². The summed E-state index contributed by atoms with van der Waals surface area (Å²) in [5, 5.41) is 8.12. The SMILES string of the molecule is O=C(O)/C=C/C(=O)OCC(Cl)=C(Cl)Cl. The Morgan fingerprint density at radius 2 is 1.79 bits per heavy atom. The van der Waals surface area contributed by atoms with Crippen LogP contribution in [0.25, 0.3) is 0 Å². The Balaban J connectivity index is 3.99. The number of ether oxygens (including phenoxy) is 1. The van der Waals surface area contributed by atoms with Crippen LogP contribution in [0.3, 0.4) is 0 Å². The minimum Gasteiger partial charge on any atom is -0.478 e. The van der Waals surface area contributed by atoms with Gasteiger partial charge in [-0.2, -0.15) is 0 Å². The number of rotatable bonds is 4. The predicted octanol–water partition coefficient (Wildman–Crippen LogP) is 2.06. The van der Waals surface area contributed by atoms with Crippen molar-refractivity contribution in [3.05, 3.63) is 21.7 Å². The number of aliphatic carboxylic acids is 1. The van der Waals surface area contributed by atoms with E-state index in [-0.39, 0.29) is 16.1 Å². The number of hydrogen-bond donors (Lipinski definition) is 1. The second-order valence-corrected chi connectivity index (χ2v) is 3.35. The summed E-state index contributed by atoms with van der Waals surface area (Å²) in [6.07, 6.45) is 1.39. The topological polar surface area (TPSA) is 63.6 Å². The maximum atomic E-state index is 10.7. The van der Waals surface area contributed by atoms with Gasteiger partial charge in [0.25, 0.3) is 0 Å². The van der Waals surface area contributed by atoms with Gasteiger partial charge < -0.3 is 9.84 Å². The van der Waals surface area contributed by atoms with Crippen LogP contribution in [0, 0.1) is 0 Å². The second-order valence-electron chi connectivity index (χ2n) is 1.94. The standard InChI is InChI=1S/C7H5Cl3O4/c8-4(7(9)10)3-14-6(13)2-1-5(11)12/h1-2H,3H2,(H,11,12)/b2-1+. The summed E-state index contributed by atoms with van der Waals surface area (Å²) in [7, 11) is 0. The number of esters is 1. The van der Waals surface area contributed by atoms with E-state index in [4.69, 9.17) is 39.9 Å². The molecule has 0 atom stereocenters. The van der Waals surface area contributed by atoms with Crippen molar-refractivity contribution in [2.75, 3.05) is 6.61 Å². The van der Waals surface area contributed by atoms with Gasteiger partial charge in [-0.25, -0.2) is 9.59 Å². The molecule has 0 aliphatic carbocycles. The molecule has 0 aliphatic heterocycles. The Hall–Kier alpha value is -0.710. The Morgan fingerprint density at radius 3 is 2.21 bits per heavy atom. The van der Waals surface area contributed by atoms with Crippen molar-refractivity contribution >= 4 is 46.7 Å². The number of halogens is 3. The van der Waals surface area contributed by atoms with Crippen LogP contribution in [0.5, 0.6) is 0 Å². The van der Waals surface area contributed by atoms with Gasteiger partial charge in [-0.1, -0.05) is 34.8 Å². The predicted molar refractivity (Wildman–Crippen MR) is 52.3 cm³/mol. The van der Waals surface area contributed by atoms with Crippen molar-refractivity contribution in [2.45, 2.75) is 0 Å². The molecule has 0 unspecified atom stereocenters. The molecule has 0 aliphatic rings. The van der Waals surface area contributed by atoms with Gasteiger partial charge in [-0.3, -0.25) is 0 Å². The first-order valence-electron chi connectivity index (χ1n) is 3.21. The summed E-state index contributed by atoms with van der Waals surface area (Å²) in [4.78, 5) is 20.7. The van der Waals surface area contributed by atoms with Crippen molar-refractivity contribution in [1.82, 2.24) is 0 Å². The third-order valence-electron chi connectivity index (χ3n) is 0.908. The average Bonchev–Trinajstić information content (AvgIpc) is 2.10. The van der Waals surface area contributed by atoms with Crippen molar-refractivity contribution in [1.29, 1.82) is 0 Å². The van der Waals surface area contributed by atoms with Crippen molar-refractivity contribution in [3.8, 4) is 0 Å². The Labute approximate surface area is 94.7 Å². The highest BCUT2D eigenvalue weighted by Crippen LogP contribution is 2.17. The fraction of sp³-hybridized carbons (Fsp3) is 0.143. The van der Waals surface area contributed by atoms with Crippen molar-refractivity contribution in [2.24, 2.45) is 0 Å². The lowest BCUT2D eigenvalue weighted by atomic mass is 10.5. The highest BCUT2D eigenvalue weighted by atomic mass is 35.5. The molecule has 1 N–H and O–H groups in total. The van der Waals surface area contributed by atoms with E-state index in [1.165, 1.54) is 0 Å². The lowest BCUT2D eigenvalue weighted by Crippen LogP contribution is -2.03. The summed E-state index contributed by atoms with van der Waals surface area (Å²) < 4.78 is 4.26. The number of carboxylic acids is 1. The molecule has 4 nitrogen and oxygen atoms in total. The summed E-state index contributed by atoms with van der Waals surface area (Å²) in [6.45, 7) is -0.299. The fourth-order valence-corrected chi connectivity index (χ4v) is 0.540. The third-order valence-corrected chi connectivity index (χ3v) is 1.86. The van der Waals surface area contributed by atoms with Crippen LogP contribution in [0.15, 0.2) is 21.7 Å². The first kappa shape index (κ1) is 13.3. The maximum Gasteiger partial charge on any atom is 0.331 e. The lowest BCUT2D eigenvalue weighted by molar-refractivity contribution is -0.137. The summed E-state index contributed by atoms with van der Waals surface area (Å²) in [5.41, 5.74) is 0. The molecule has 0 bridgehead atoms. The second kappa shape index (κ2) is 6.70. The highest BCUT2D eigenvalue weighted by Gasteiger charge is 2.03. The van der Waals surface area contributed by atoms with E-state index >= 15 is 0 Å². The number of carbonyl (C=O) groups excluding carboxylic acids is 1. The number of carboxylic acid groups (broad SMARTS) is 1. The quantitative estimate of drug-likeness (QED) is 0.620. The molecule has 0 saturated heterocycles. The number of carbonyl (C=O) groups is 2. The van der Waals surface area contributed by atoms with Gasteiger partial charge in [-0.05, 0) is 0 Å². The molecule has 7 heteroatoms. The van der Waals surface area contributed by atoms with Crippen LogP contribution in [-0.2, 0) is 14.3 Å². The zero-order chi connectivity index (χ0) is 11.1.